The summed E-state index contributed by atoms with van der Waals surface area (Å²) in [5.41, 5.74) is 12.1. The summed E-state index contributed by atoms with van der Waals surface area (Å²) in [6.45, 7) is 0. The summed E-state index contributed by atoms with van der Waals surface area (Å²) in [6.07, 6.45) is 0.921. The molecule has 1 aliphatic heterocycles. The molecule has 11 rings (SSSR count). The van der Waals surface area contributed by atoms with E-state index in [1.54, 1.807) is 0 Å². The van der Waals surface area contributed by atoms with Gasteiger partial charge in [-0.15, -0.1) is 0 Å². The number of aromatic nitrogens is 3. The zero-order valence-corrected chi connectivity index (χ0v) is 27.3. The zero-order valence-electron chi connectivity index (χ0n) is 27.3. The van der Waals surface area contributed by atoms with Gasteiger partial charge in [0.2, 0.25) is 0 Å². The Morgan fingerprint density at radius 2 is 1.06 bits per heavy atom. The Bertz CT molecular complexity index is 2960. The lowest BCUT2D eigenvalue weighted by molar-refractivity contribution is 0.456. The number of fused-ring (bicyclic) bond motifs is 11. The molecular formula is C47H31N3. The molecule has 1 aliphatic rings. The molecule has 0 radical (unpaired) electrons. The van der Waals surface area contributed by atoms with Crippen LogP contribution in [0.1, 0.15) is 11.7 Å². The van der Waals surface area contributed by atoms with E-state index in [2.05, 4.69) is 179 Å². The molecule has 0 bridgehead atoms. The molecule has 0 saturated heterocycles. The smallest absolute Gasteiger partial charge is 0.143 e. The Balaban J connectivity index is 1.09. The van der Waals surface area contributed by atoms with Gasteiger partial charge in [-0.25, -0.2) is 4.98 Å². The minimum Gasteiger partial charge on any atom is -0.319 e. The SMILES string of the molecule is c1ccc2c(c1)CC(n1c3ccccc3c3ccc(-c4ccc(-c5cc6ccccc6c6ccccc56)cc4)cc31)n1c-2nc2ccccc21. The van der Waals surface area contributed by atoms with E-state index in [0.29, 0.717) is 0 Å². The summed E-state index contributed by atoms with van der Waals surface area (Å²) in [5.74, 6) is 1.04. The molecule has 8 aromatic carbocycles. The molecule has 0 spiro atoms. The first kappa shape index (κ1) is 27.5. The number of hydrogen-bond acceptors (Lipinski definition) is 1. The lowest BCUT2D eigenvalue weighted by atomic mass is 9.92. The van der Waals surface area contributed by atoms with Crippen molar-refractivity contribution >= 4 is 54.4 Å². The molecule has 1 atom stereocenters. The lowest BCUT2D eigenvalue weighted by Gasteiger charge is -2.30. The van der Waals surface area contributed by atoms with Gasteiger partial charge >= 0.3 is 0 Å². The van der Waals surface area contributed by atoms with Gasteiger partial charge in [-0.1, -0.05) is 140 Å². The quantitative estimate of drug-likeness (QED) is 0.177. The van der Waals surface area contributed by atoms with Crippen molar-refractivity contribution in [2.45, 2.75) is 12.6 Å². The van der Waals surface area contributed by atoms with Crippen molar-refractivity contribution in [2.24, 2.45) is 0 Å². The highest BCUT2D eigenvalue weighted by molar-refractivity contribution is 6.14. The largest absolute Gasteiger partial charge is 0.319 e. The fourth-order valence-electron chi connectivity index (χ4n) is 8.58. The Labute approximate surface area is 289 Å². The van der Waals surface area contributed by atoms with Crippen molar-refractivity contribution in [3.8, 4) is 33.6 Å². The monoisotopic (exact) mass is 637 g/mol. The van der Waals surface area contributed by atoms with Crippen LogP contribution in [-0.2, 0) is 6.42 Å². The number of benzene rings is 8. The minimum atomic E-state index is 0.0357. The Morgan fingerprint density at radius 1 is 0.420 bits per heavy atom. The van der Waals surface area contributed by atoms with Gasteiger partial charge in [0.05, 0.1) is 22.1 Å². The molecule has 0 saturated carbocycles. The molecule has 3 heteroatoms. The third-order valence-electron chi connectivity index (χ3n) is 10.9. The highest BCUT2D eigenvalue weighted by Crippen LogP contribution is 2.43. The summed E-state index contributed by atoms with van der Waals surface area (Å²) < 4.78 is 5.04. The molecule has 1 unspecified atom stereocenters. The summed E-state index contributed by atoms with van der Waals surface area (Å²) in [4.78, 5) is 5.20. The van der Waals surface area contributed by atoms with Gasteiger partial charge in [-0.05, 0) is 79.7 Å². The van der Waals surface area contributed by atoms with Gasteiger partial charge in [-0.2, -0.15) is 0 Å². The standard InChI is InChI=1S/C47H31N3/c1-3-13-35-33(11-1)27-41(38-16-6-5-15-37(35)38)31-23-21-30(22-24-31)32-25-26-40-39-17-7-9-19-43(39)49(45(40)28-32)46-29-34-12-2-4-14-36(34)47-48-42-18-8-10-20-44(42)50(46)47/h1-28,46H,29H2. The maximum atomic E-state index is 5.20. The van der Waals surface area contributed by atoms with Crippen LogP contribution in [0.15, 0.2) is 170 Å². The van der Waals surface area contributed by atoms with Crippen LogP contribution in [0.5, 0.6) is 0 Å². The zero-order chi connectivity index (χ0) is 32.8. The van der Waals surface area contributed by atoms with E-state index in [1.165, 1.54) is 82.2 Å². The highest BCUT2D eigenvalue weighted by atomic mass is 15.3. The molecule has 50 heavy (non-hydrogen) atoms. The lowest BCUT2D eigenvalue weighted by Crippen LogP contribution is -2.25. The van der Waals surface area contributed by atoms with E-state index < -0.39 is 0 Å². The minimum absolute atomic E-state index is 0.0357. The topological polar surface area (TPSA) is 22.8 Å². The van der Waals surface area contributed by atoms with Crippen LogP contribution >= 0.6 is 0 Å². The summed E-state index contributed by atoms with van der Waals surface area (Å²) in [5, 5.41) is 7.69. The van der Waals surface area contributed by atoms with Gasteiger partial charge in [-0.3, -0.25) is 0 Å². The van der Waals surface area contributed by atoms with Gasteiger partial charge < -0.3 is 9.13 Å². The van der Waals surface area contributed by atoms with Crippen molar-refractivity contribution in [2.75, 3.05) is 0 Å². The van der Waals surface area contributed by atoms with Crippen LogP contribution in [-0.4, -0.2) is 14.1 Å². The molecule has 10 aromatic rings. The van der Waals surface area contributed by atoms with E-state index in [4.69, 9.17) is 4.98 Å². The summed E-state index contributed by atoms with van der Waals surface area (Å²) >= 11 is 0. The Kier molecular flexibility index (Phi) is 5.79. The van der Waals surface area contributed by atoms with Crippen LogP contribution in [0, 0.1) is 0 Å². The van der Waals surface area contributed by atoms with Gasteiger partial charge in [0.25, 0.3) is 0 Å². The highest BCUT2D eigenvalue weighted by Gasteiger charge is 2.30. The fourth-order valence-corrected chi connectivity index (χ4v) is 8.58. The number of nitrogens with zero attached hydrogens (tertiary/aromatic N) is 3. The first-order valence-corrected chi connectivity index (χ1v) is 17.4. The van der Waals surface area contributed by atoms with Crippen LogP contribution in [0.4, 0.5) is 0 Å². The van der Waals surface area contributed by atoms with E-state index in [1.807, 2.05) is 0 Å². The summed E-state index contributed by atoms with van der Waals surface area (Å²) in [6, 6.07) is 62.1. The van der Waals surface area contributed by atoms with Crippen LogP contribution < -0.4 is 0 Å². The van der Waals surface area contributed by atoms with Gasteiger partial charge in [0.15, 0.2) is 0 Å². The van der Waals surface area contributed by atoms with Crippen LogP contribution in [0.2, 0.25) is 0 Å². The number of imidazole rings is 1. The average Bonchev–Trinajstić information content (AvgIpc) is 3.74. The van der Waals surface area contributed by atoms with Crippen molar-refractivity contribution in [1.29, 1.82) is 0 Å². The first-order valence-electron chi connectivity index (χ1n) is 17.4. The Morgan fingerprint density at radius 3 is 1.94 bits per heavy atom. The fraction of sp³-hybridized carbons (Fsp3) is 0.0426. The number of para-hydroxylation sites is 3. The van der Waals surface area contributed by atoms with E-state index in [0.717, 1.165) is 17.8 Å². The first-order chi connectivity index (χ1) is 24.8. The van der Waals surface area contributed by atoms with Crippen molar-refractivity contribution < 1.29 is 0 Å². The molecule has 0 amide bonds. The molecule has 3 nitrogen and oxygen atoms in total. The molecule has 2 aromatic heterocycles. The van der Waals surface area contributed by atoms with E-state index in [-0.39, 0.29) is 6.17 Å². The second kappa shape index (κ2) is 10.5. The van der Waals surface area contributed by atoms with E-state index >= 15 is 0 Å². The molecule has 234 valence electrons. The van der Waals surface area contributed by atoms with Gasteiger partial charge in [0.1, 0.15) is 12.0 Å². The summed E-state index contributed by atoms with van der Waals surface area (Å²) in [7, 11) is 0. The molecule has 3 heterocycles. The third-order valence-corrected chi connectivity index (χ3v) is 10.9. The molecule has 0 fully saturated rings. The maximum Gasteiger partial charge on any atom is 0.143 e. The molecular weight excluding hydrogens is 607 g/mol. The van der Waals surface area contributed by atoms with Gasteiger partial charge in [0, 0.05) is 22.8 Å². The third kappa shape index (κ3) is 3.95. The average molecular weight is 638 g/mol. The van der Waals surface area contributed by atoms with Crippen LogP contribution in [0.25, 0.3) is 88.0 Å². The second-order valence-corrected chi connectivity index (χ2v) is 13.5. The predicted octanol–water partition coefficient (Wildman–Crippen LogP) is 12.1. The Hall–Kier alpha value is -6.45. The predicted molar refractivity (Wildman–Crippen MR) is 209 cm³/mol. The maximum absolute atomic E-state index is 5.20. The van der Waals surface area contributed by atoms with Crippen molar-refractivity contribution in [1.82, 2.24) is 14.1 Å². The second-order valence-electron chi connectivity index (χ2n) is 13.5. The van der Waals surface area contributed by atoms with Crippen LogP contribution in [0.3, 0.4) is 0 Å². The molecule has 0 aliphatic carbocycles. The normalized spacial score (nSPS) is 14.1. The van der Waals surface area contributed by atoms with E-state index in [9.17, 15) is 0 Å². The number of hydrogen-bond donors (Lipinski definition) is 0. The van der Waals surface area contributed by atoms with Crippen molar-refractivity contribution in [3.05, 3.63) is 175 Å². The van der Waals surface area contributed by atoms with Crippen molar-refractivity contribution in [3.63, 3.8) is 0 Å². The molecule has 0 N–H and O–H groups in total. The number of rotatable bonds is 3.